The van der Waals surface area contributed by atoms with E-state index < -0.39 is 68.6 Å². The molecule has 8 unspecified atom stereocenters. The van der Waals surface area contributed by atoms with Crippen molar-refractivity contribution in [1.29, 1.82) is 0 Å². The van der Waals surface area contributed by atoms with E-state index in [9.17, 15) is 19.4 Å². The molecule has 4 fully saturated rings. The number of aliphatic hydroxyl groups is 1. The lowest BCUT2D eigenvalue weighted by atomic mass is 9.94. The molecule has 7 N–H and O–H groups in total. The maximum absolute atomic E-state index is 13.3. The predicted octanol–water partition coefficient (Wildman–Crippen LogP) is -1.46. The smallest absolute Gasteiger partial charge is 0.388 e. The summed E-state index contributed by atoms with van der Waals surface area (Å²) < 4.78 is 51.5. The van der Waals surface area contributed by atoms with E-state index in [-0.39, 0.29) is 42.6 Å². The van der Waals surface area contributed by atoms with Crippen LogP contribution in [-0.4, -0.2) is 99.1 Å². The van der Waals surface area contributed by atoms with Crippen LogP contribution in [0.4, 0.5) is 11.8 Å². The van der Waals surface area contributed by atoms with E-state index in [1.807, 2.05) is 0 Å². The summed E-state index contributed by atoms with van der Waals surface area (Å²) in [7, 11) is -4.81. The fourth-order valence-corrected chi connectivity index (χ4v) is 7.03. The Hall–Kier alpha value is -3.59. The molecule has 21 heteroatoms. The molecule has 4 aromatic rings. The molecule has 4 saturated heterocycles. The highest BCUT2D eigenvalue weighted by Gasteiger charge is 2.67. The number of H-pyrrole nitrogens is 1. The summed E-state index contributed by atoms with van der Waals surface area (Å²) in [6, 6.07) is 0. The van der Waals surface area contributed by atoms with Crippen LogP contribution in [-0.2, 0) is 32.6 Å². The number of anilines is 2. The van der Waals surface area contributed by atoms with Gasteiger partial charge in [-0.15, -0.1) is 0 Å². The Morgan fingerprint density at radius 1 is 1.09 bits per heavy atom. The number of rotatable bonds is 2. The first-order chi connectivity index (χ1) is 20.6. The Labute approximate surface area is 239 Å². The van der Waals surface area contributed by atoms with Crippen molar-refractivity contribution in [2.24, 2.45) is 5.92 Å². The fourth-order valence-electron chi connectivity index (χ4n) is 6.11. The summed E-state index contributed by atoms with van der Waals surface area (Å²) in [6.07, 6.45) is -2.06. The maximum Gasteiger partial charge on any atom is 0.472 e. The van der Waals surface area contributed by atoms with Gasteiger partial charge in [0, 0.05) is 5.92 Å². The molecule has 20 nitrogen and oxygen atoms in total. The molecular formula is C22H25N10O10P. The molecule has 8 heterocycles. The number of nitrogens with zero attached hydrogens (tertiary/aromatic N) is 7. The lowest BCUT2D eigenvalue weighted by Crippen LogP contribution is -2.61. The van der Waals surface area contributed by atoms with Gasteiger partial charge in [0.1, 0.15) is 36.8 Å². The summed E-state index contributed by atoms with van der Waals surface area (Å²) in [5.41, 5.74) is 11.8. The monoisotopic (exact) mass is 620 g/mol. The molecule has 0 radical (unpaired) electrons. The van der Waals surface area contributed by atoms with Crippen molar-refractivity contribution in [3.05, 3.63) is 29.3 Å². The third-order valence-corrected chi connectivity index (χ3v) is 9.15. The fraction of sp³-hybridized carbons (Fsp3) is 0.545. The highest BCUT2D eigenvalue weighted by molar-refractivity contribution is 7.47. The Morgan fingerprint density at radius 3 is 2.67 bits per heavy atom. The van der Waals surface area contributed by atoms with E-state index in [2.05, 4.69) is 29.9 Å². The molecule has 2 bridgehead atoms. The second kappa shape index (κ2) is 9.45. The van der Waals surface area contributed by atoms with Crippen LogP contribution in [0.3, 0.4) is 0 Å². The first-order valence-electron chi connectivity index (χ1n) is 13.2. The van der Waals surface area contributed by atoms with Gasteiger partial charge in [0.05, 0.1) is 32.0 Å². The number of aromatic nitrogens is 8. The van der Waals surface area contributed by atoms with Crippen molar-refractivity contribution in [2.45, 2.75) is 49.1 Å². The number of ether oxygens (including phenoxy) is 4. The second-order valence-corrected chi connectivity index (χ2v) is 12.0. The molecule has 0 aromatic carbocycles. The minimum atomic E-state index is -4.81. The number of nitrogens with two attached hydrogens (primary N) is 2. The van der Waals surface area contributed by atoms with Crippen LogP contribution in [0.5, 0.6) is 0 Å². The molecule has 0 spiro atoms. The number of hydrogen-bond donors (Lipinski definition) is 5. The van der Waals surface area contributed by atoms with Crippen molar-refractivity contribution in [1.82, 2.24) is 39.0 Å². The topological polar surface area (TPSA) is 272 Å². The molecule has 8 rings (SSSR count). The normalized spacial score (nSPS) is 37.9. The van der Waals surface area contributed by atoms with Gasteiger partial charge in [-0.1, -0.05) is 0 Å². The van der Waals surface area contributed by atoms with E-state index in [4.69, 9.17) is 39.5 Å². The molecular weight excluding hydrogens is 595 g/mol. The molecule has 4 aliphatic heterocycles. The maximum atomic E-state index is 13.3. The van der Waals surface area contributed by atoms with Crippen molar-refractivity contribution in [3.63, 3.8) is 0 Å². The Kier molecular flexibility index (Phi) is 5.93. The SMILES string of the molecule is Nc1nc2c(ncn2C2O[C@@]34COC3C2OP(=O)(O)OCC2OC(n3cnc5c(N)ncnc53)C(O)C2CCO4)c(=O)[nH]1. The molecule has 9 atom stereocenters. The van der Waals surface area contributed by atoms with Gasteiger partial charge in [-0.25, -0.2) is 24.5 Å². The Balaban J connectivity index is 1.10. The Bertz CT molecular complexity index is 1850. The average molecular weight is 620 g/mol. The zero-order valence-corrected chi connectivity index (χ0v) is 22.9. The van der Waals surface area contributed by atoms with Crippen molar-refractivity contribution >= 4 is 41.9 Å². The number of phosphoric ester groups is 1. The van der Waals surface area contributed by atoms with Gasteiger partial charge in [0.25, 0.3) is 5.56 Å². The van der Waals surface area contributed by atoms with Gasteiger partial charge < -0.3 is 40.4 Å². The molecule has 43 heavy (non-hydrogen) atoms. The van der Waals surface area contributed by atoms with Crippen LogP contribution < -0.4 is 17.0 Å². The number of aromatic amines is 1. The molecule has 4 aromatic heterocycles. The minimum Gasteiger partial charge on any atom is -0.388 e. The Morgan fingerprint density at radius 2 is 1.88 bits per heavy atom. The summed E-state index contributed by atoms with van der Waals surface area (Å²) in [4.78, 5) is 46.1. The number of hydrogen-bond acceptors (Lipinski definition) is 16. The molecule has 0 amide bonds. The highest BCUT2D eigenvalue weighted by atomic mass is 31.2. The summed E-state index contributed by atoms with van der Waals surface area (Å²) in [6.45, 7) is -0.350. The quantitative estimate of drug-likeness (QED) is 0.160. The van der Waals surface area contributed by atoms with Gasteiger partial charge in [-0.3, -0.25) is 28.0 Å². The van der Waals surface area contributed by atoms with Crippen LogP contribution in [0.2, 0.25) is 0 Å². The highest BCUT2D eigenvalue weighted by Crippen LogP contribution is 2.56. The summed E-state index contributed by atoms with van der Waals surface area (Å²) in [5.74, 6) is -1.99. The zero-order chi connectivity index (χ0) is 29.7. The van der Waals surface area contributed by atoms with Crippen LogP contribution in [0, 0.1) is 5.92 Å². The molecule has 228 valence electrons. The van der Waals surface area contributed by atoms with Crippen molar-refractivity contribution < 1.29 is 42.6 Å². The minimum absolute atomic E-state index is 0.0225. The van der Waals surface area contributed by atoms with Crippen LogP contribution in [0.1, 0.15) is 18.9 Å². The van der Waals surface area contributed by atoms with E-state index in [1.54, 1.807) is 0 Å². The van der Waals surface area contributed by atoms with Crippen molar-refractivity contribution in [3.8, 4) is 0 Å². The van der Waals surface area contributed by atoms with Gasteiger partial charge in [0.15, 0.2) is 35.1 Å². The third-order valence-electron chi connectivity index (χ3n) is 8.16. The number of imidazole rings is 2. The van der Waals surface area contributed by atoms with E-state index in [1.165, 1.54) is 28.1 Å². The van der Waals surface area contributed by atoms with Crippen LogP contribution >= 0.6 is 7.82 Å². The number of fused-ring (bicyclic) bond motifs is 3. The van der Waals surface area contributed by atoms with Gasteiger partial charge >= 0.3 is 7.82 Å². The van der Waals surface area contributed by atoms with Gasteiger partial charge in [-0.2, -0.15) is 4.98 Å². The van der Waals surface area contributed by atoms with E-state index in [0.29, 0.717) is 11.2 Å². The first-order valence-corrected chi connectivity index (χ1v) is 14.7. The lowest BCUT2D eigenvalue weighted by Gasteiger charge is -2.43. The summed E-state index contributed by atoms with van der Waals surface area (Å²) >= 11 is 0. The lowest BCUT2D eigenvalue weighted by molar-refractivity contribution is -0.358. The number of aliphatic hydroxyl groups excluding tert-OH is 1. The molecule has 4 aliphatic rings. The predicted molar refractivity (Wildman–Crippen MR) is 140 cm³/mol. The molecule has 0 saturated carbocycles. The summed E-state index contributed by atoms with van der Waals surface area (Å²) in [5, 5.41) is 11.4. The average Bonchev–Trinajstić information content (AvgIpc) is 3.68. The molecule has 0 aliphatic carbocycles. The van der Waals surface area contributed by atoms with Crippen LogP contribution in [0.15, 0.2) is 23.8 Å². The van der Waals surface area contributed by atoms with E-state index >= 15 is 0 Å². The van der Waals surface area contributed by atoms with E-state index in [0.717, 1.165) is 0 Å². The largest absolute Gasteiger partial charge is 0.472 e. The number of nitrogens with one attached hydrogen (secondary N) is 1. The second-order valence-electron chi connectivity index (χ2n) is 10.6. The first kappa shape index (κ1) is 27.0. The van der Waals surface area contributed by atoms with Gasteiger partial charge in [0.2, 0.25) is 11.7 Å². The van der Waals surface area contributed by atoms with Crippen LogP contribution in [0.25, 0.3) is 22.3 Å². The van der Waals surface area contributed by atoms with Gasteiger partial charge in [-0.05, 0) is 6.42 Å². The zero-order valence-electron chi connectivity index (χ0n) is 22.0. The number of nitrogen functional groups attached to an aromatic ring is 2. The third kappa shape index (κ3) is 4.10. The standard InChI is InChI=1S/C22H25N10O10P/c23-15-10-16(26-5-25-15)31(6-27-10)19-12(33)8-1-2-38-22-4-37-14(22)13(42-43(35,36)39-3-9(8)40-19)20(41-22)32-7-28-11-17(32)29-21(24)30-18(11)34/h5-9,12-14,19-20,33H,1-4H2,(H,35,36)(H2,23,25,26)(H3,24,29,30,34)/t8?,9?,12?,13?,14?,19?,20?,22-/m0/s1. The number of phosphoric acid groups is 1. The van der Waals surface area contributed by atoms with Crippen molar-refractivity contribution in [2.75, 3.05) is 31.3 Å².